The monoisotopic (exact) mass is 267 g/mol. The molecule has 0 spiro atoms. The Morgan fingerprint density at radius 3 is 2.94 bits per heavy atom. The van der Waals surface area contributed by atoms with Crippen LogP contribution in [0.3, 0.4) is 0 Å². The Morgan fingerprint density at radius 1 is 1.44 bits per heavy atom. The van der Waals surface area contributed by atoms with Crippen LogP contribution >= 0.6 is 11.6 Å². The molecule has 1 aliphatic carbocycles. The van der Waals surface area contributed by atoms with Gasteiger partial charge in [0.25, 0.3) is 0 Å². The largest absolute Gasteiger partial charge is 0.456 e. The van der Waals surface area contributed by atoms with E-state index in [0.29, 0.717) is 29.8 Å². The zero-order valence-electron chi connectivity index (χ0n) is 9.89. The van der Waals surface area contributed by atoms with E-state index >= 15 is 0 Å². The highest BCUT2D eigenvalue weighted by molar-refractivity contribution is 6.30. The number of carbonyl (C=O) groups is 1. The van der Waals surface area contributed by atoms with Crippen molar-refractivity contribution < 1.29 is 14.3 Å². The van der Waals surface area contributed by atoms with Gasteiger partial charge in [0.1, 0.15) is 11.3 Å². The fourth-order valence-electron chi connectivity index (χ4n) is 2.08. The maximum Gasteiger partial charge on any atom is 0.340 e. The van der Waals surface area contributed by atoms with Crippen molar-refractivity contribution in [2.45, 2.75) is 31.3 Å². The van der Waals surface area contributed by atoms with Crippen LogP contribution in [0.15, 0.2) is 12.3 Å². The van der Waals surface area contributed by atoms with Crippen molar-refractivity contribution in [2.75, 3.05) is 13.2 Å². The number of ether oxygens (including phenoxy) is 2. The number of esters is 1. The van der Waals surface area contributed by atoms with E-state index < -0.39 is 0 Å². The van der Waals surface area contributed by atoms with Gasteiger partial charge in [-0.1, -0.05) is 11.6 Å². The van der Waals surface area contributed by atoms with E-state index in [0.717, 1.165) is 24.8 Å². The Labute approximate surface area is 110 Å². The highest BCUT2D eigenvalue weighted by Crippen LogP contribution is 2.42. The minimum atomic E-state index is -0.337. The van der Waals surface area contributed by atoms with Crippen molar-refractivity contribution >= 4 is 17.6 Å². The molecule has 1 saturated heterocycles. The number of carbonyl (C=O) groups excluding carboxylic acids is 1. The summed E-state index contributed by atoms with van der Waals surface area (Å²) in [5, 5.41) is 0.498. The van der Waals surface area contributed by atoms with Gasteiger partial charge in [0.05, 0.1) is 18.8 Å². The SMILES string of the molecule is O=C(O[C@H]1CCOC1)c1cnc(Cl)c(C2CC2)c1. The summed E-state index contributed by atoms with van der Waals surface area (Å²) in [5.74, 6) is 0.129. The van der Waals surface area contributed by atoms with E-state index in [9.17, 15) is 4.79 Å². The van der Waals surface area contributed by atoms with Gasteiger partial charge in [-0.3, -0.25) is 0 Å². The van der Waals surface area contributed by atoms with Gasteiger partial charge >= 0.3 is 5.97 Å². The molecule has 0 aromatic carbocycles. The minimum absolute atomic E-state index is 0.127. The van der Waals surface area contributed by atoms with Gasteiger partial charge in [-0.25, -0.2) is 9.78 Å². The second kappa shape index (κ2) is 4.86. The predicted molar refractivity (Wildman–Crippen MR) is 65.9 cm³/mol. The average molecular weight is 268 g/mol. The smallest absolute Gasteiger partial charge is 0.340 e. The molecule has 0 amide bonds. The summed E-state index contributed by atoms with van der Waals surface area (Å²) >= 11 is 6.02. The molecular formula is C13H14ClNO3. The number of halogens is 1. The lowest BCUT2D eigenvalue weighted by atomic mass is 10.1. The van der Waals surface area contributed by atoms with Crippen LogP contribution in [0.1, 0.15) is 41.1 Å². The van der Waals surface area contributed by atoms with Gasteiger partial charge in [-0.05, 0) is 30.4 Å². The molecule has 96 valence electrons. The van der Waals surface area contributed by atoms with Gasteiger partial charge in [0, 0.05) is 12.6 Å². The summed E-state index contributed by atoms with van der Waals surface area (Å²) in [6, 6.07) is 1.81. The maximum atomic E-state index is 11.9. The third-order valence-corrected chi connectivity index (χ3v) is 3.60. The highest BCUT2D eigenvalue weighted by Gasteiger charge is 2.28. The highest BCUT2D eigenvalue weighted by atomic mass is 35.5. The summed E-state index contributed by atoms with van der Waals surface area (Å²) < 4.78 is 10.5. The number of hydrogen-bond donors (Lipinski definition) is 0. The van der Waals surface area contributed by atoms with E-state index in [1.165, 1.54) is 6.20 Å². The molecule has 0 N–H and O–H groups in total. The molecule has 2 aliphatic rings. The van der Waals surface area contributed by atoms with Crippen LogP contribution < -0.4 is 0 Å². The molecule has 2 fully saturated rings. The van der Waals surface area contributed by atoms with Crippen LogP contribution in [0.25, 0.3) is 0 Å². The van der Waals surface area contributed by atoms with Crippen molar-refractivity contribution in [3.05, 3.63) is 28.5 Å². The van der Waals surface area contributed by atoms with Crippen molar-refractivity contribution in [2.24, 2.45) is 0 Å². The molecule has 5 heteroatoms. The van der Waals surface area contributed by atoms with Gasteiger partial charge in [0.15, 0.2) is 0 Å². The number of hydrogen-bond acceptors (Lipinski definition) is 4. The second-order valence-electron chi connectivity index (χ2n) is 4.77. The summed E-state index contributed by atoms with van der Waals surface area (Å²) in [6.07, 6.45) is 4.36. The number of nitrogens with zero attached hydrogens (tertiary/aromatic N) is 1. The molecule has 1 aromatic rings. The number of pyridine rings is 1. The van der Waals surface area contributed by atoms with E-state index in [1.807, 2.05) is 6.07 Å². The molecule has 1 atom stereocenters. The molecule has 1 aromatic heterocycles. The average Bonchev–Trinajstić information content (AvgIpc) is 3.08. The van der Waals surface area contributed by atoms with Crippen molar-refractivity contribution in [1.82, 2.24) is 4.98 Å². The van der Waals surface area contributed by atoms with Crippen LogP contribution in [0, 0.1) is 0 Å². The molecule has 4 nitrogen and oxygen atoms in total. The zero-order valence-corrected chi connectivity index (χ0v) is 10.7. The quantitative estimate of drug-likeness (QED) is 0.624. The Bertz CT molecular complexity index is 467. The maximum absolute atomic E-state index is 11.9. The summed E-state index contributed by atoms with van der Waals surface area (Å²) in [6.45, 7) is 1.15. The molecular weight excluding hydrogens is 254 g/mol. The first-order valence-corrected chi connectivity index (χ1v) is 6.56. The molecule has 0 radical (unpaired) electrons. The van der Waals surface area contributed by atoms with Gasteiger partial charge < -0.3 is 9.47 Å². The summed E-state index contributed by atoms with van der Waals surface area (Å²) in [7, 11) is 0. The topological polar surface area (TPSA) is 48.4 Å². The molecule has 0 bridgehead atoms. The van der Waals surface area contributed by atoms with E-state index in [1.54, 1.807) is 0 Å². The minimum Gasteiger partial charge on any atom is -0.456 e. The normalized spacial score (nSPS) is 23.1. The molecule has 3 rings (SSSR count). The fraction of sp³-hybridized carbons (Fsp3) is 0.538. The number of aromatic nitrogens is 1. The summed E-state index contributed by atoms with van der Waals surface area (Å²) in [4.78, 5) is 16.0. The molecule has 18 heavy (non-hydrogen) atoms. The van der Waals surface area contributed by atoms with E-state index in [-0.39, 0.29) is 12.1 Å². The van der Waals surface area contributed by atoms with Crippen molar-refractivity contribution in [3.63, 3.8) is 0 Å². The van der Waals surface area contributed by atoms with Gasteiger partial charge in [0.2, 0.25) is 0 Å². The lowest BCUT2D eigenvalue weighted by Crippen LogP contribution is -2.18. The van der Waals surface area contributed by atoms with Crippen LogP contribution in [0.4, 0.5) is 0 Å². The molecule has 1 aliphatic heterocycles. The molecule has 1 saturated carbocycles. The van der Waals surface area contributed by atoms with Crippen LogP contribution in [0.2, 0.25) is 5.15 Å². The third kappa shape index (κ3) is 2.49. The van der Waals surface area contributed by atoms with Crippen molar-refractivity contribution in [1.29, 1.82) is 0 Å². The Balaban J connectivity index is 1.74. The zero-order chi connectivity index (χ0) is 12.5. The second-order valence-corrected chi connectivity index (χ2v) is 5.13. The Morgan fingerprint density at radius 2 is 2.28 bits per heavy atom. The summed E-state index contributed by atoms with van der Waals surface area (Å²) in [5.41, 5.74) is 1.45. The van der Waals surface area contributed by atoms with Crippen LogP contribution in [-0.2, 0) is 9.47 Å². The van der Waals surface area contributed by atoms with Gasteiger partial charge in [-0.2, -0.15) is 0 Å². The predicted octanol–water partition coefficient (Wildman–Crippen LogP) is 2.56. The van der Waals surface area contributed by atoms with Gasteiger partial charge in [-0.15, -0.1) is 0 Å². The lowest BCUT2D eigenvalue weighted by molar-refractivity contribution is 0.0270. The lowest BCUT2D eigenvalue weighted by Gasteiger charge is -2.10. The Hall–Kier alpha value is -1.13. The molecule has 2 heterocycles. The fourth-order valence-corrected chi connectivity index (χ4v) is 2.34. The molecule has 0 unspecified atom stereocenters. The van der Waals surface area contributed by atoms with Crippen molar-refractivity contribution in [3.8, 4) is 0 Å². The van der Waals surface area contributed by atoms with Crippen LogP contribution in [-0.4, -0.2) is 30.3 Å². The number of rotatable bonds is 3. The Kier molecular flexibility index (Phi) is 3.22. The standard InChI is InChI=1S/C13H14ClNO3/c14-12-11(8-1-2-8)5-9(6-15-12)13(16)18-10-3-4-17-7-10/h5-6,8,10H,1-4,7H2/t10-/m0/s1. The first-order chi connectivity index (χ1) is 8.74. The first-order valence-electron chi connectivity index (χ1n) is 6.18. The van der Waals surface area contributed by atoms with E-state index in [4.69, 9.17) is 21.1 Å². The first kappa shape index (κ1) is 11.9. The third-order valence-electron chi connectivity index (χ3n) is 3.28. The van der Waals surface area contributed by atoms with Crippen LogP contribution in [0.5, 0.6) is 0 Å². The van der Waals surface area contributed by atoms with E-state index in [2.05, 4.69) is 4.98 Å².